The Bertz CT molecular complexity index is 486. The van der Waals surface area contributed by atoms with Crippen molar-refractivity contribution < 1.29 is 0 Å². The number of hydrogen-bond acceptors (Lipinski definition) is 1. The van der Waals surface area contributed by atoms with E-state index < -0.39 is 0 Å². The molecule has 0 spiro atoms. The number of allylic oxidation sites excluding steroid dienone is 1. The van der Waals surface area contributed by atoms with Gasteiger partial charge in [0.25, 0.3) is 0 Å². The van der Waals surface area contributed by atoms with Crippen LogP contribution in [0.5, 0.6) is 0 Å². The van der Waals surface area contributed by atoms with Crippen molar-refractivity contribution in [3.63, 3.8) is 0 Å². The highest BCUT2D eigenvalue weighted by atomic mass is 127. The van der Waals surface area contributed by atoms with E-state index in [4.69, 9.17) is 0 Å². The fourth-order valence-corrected chi connectivity index (χ4v) is 3.03. The predicted molar refractivity (Wildman–Crippen MR) is 91.5 cm³/mol. The zero-order valence-electron chi connectivity index (χ0n) is 10.3. The van der Waals surface area contributed by atoms with Crippen molar-refractivity contribution in [3.05, 3.63) is 52.7 Å². The second kappa shape index (κ2) is 7.74. The quantitative estimate of drug-likeness (QED) is 0.332. The molecule has 0 radical (unpaired) electrons. The summed E-state index contributed by atoms with van der Waals surface area (Å²) in [6, 6.07) is 10.9. The zero-order valence-corrected chi connectivity index (χ0v) is 13.3. The minimum Gasteiger partial charge on any atom is -0.152 e. The molecule has 18 heavy (non-hydrogen) atoms. The number of thiophene rings is 1. The molecule has 1 aromatic carbocycles. The standard InChI is InChI=1S/C16H17IS/c17-10-4-2-1-3-6-14-7-5-8-15(12-14)16-9-11-18-13-16/h3,5-9,11-13H,1-2,4,10H2/b6-3+. The predicted octanol–water partition coefficient (Wildman–Crippen LogP) is 6.03. The monoisotopic (exact) mass is 368 g/mol. The lowest BCUT2D eigenvalue weighted by atomic mass is 10.1. The maximum atomic E-state index is 2.44. The van der Waals surface area contributed by atoms with E-state index in [-0.39, 0.29) is 0 Å². The van der Waals surface area contributed by atoms with Crippen molar-refractivity contribution in [1.82, 2.24) is 0 Å². The molecule has 1 heterocycles. The number of hydrogen-bond donors (Lipinski definition) is 0. The Balaban J connectivity index is 1.99. The average molecular weight is 368 g/mol. The van der Waals surface area contributed by atoms with Gasteiger partial charge in [-0.15, -0.1) is 0 Å². The minimum atomic E-state index is 1.19. The molecule has 0 aliphatic carbocycles. The summed E-state index contributed by atoms with van der Waals surface area (Å²) in [4.78, 5) is 0. The summed E-state index contributed by atoms with van der Waals surface area (Å²) >= 11 is 4.19. The Morgan fingerprint density at radius 2 is 2.06 bits per heavy atom. The molecule has 0 aliphatic rings. The van der Waals surface area contributed by atoms with Gasteiger partial charge < -0.3 is 0 Å². The molecule has 94 valence electrons. The van der Waals surface area contributed by atoms with Crippen molar-refractivity contribution in [1.29, 1.82) is 0 Å². The molecule has 0 unspecified atom stereocenters. The van der Waals surface area contributed by atoms with Gasteiger partial charge in [0.15, 0.2) is 0 Å². The van der Waals surface area contributed by atoms with Crippen molar-refractivity contribution in [2.45, 2.75) is 19.3 Å². The molecule has 0 atom stereocenters. The highest BCUT2D eigenvalue weighted by Gasteiger charge is 1.97. The third-order valence-electron chi connectivity index (χ3n) is 2.81. The molecule has 2 heteroatoms. The summed E-state index contributed by atoms with van der Waals surface area (Å²) in [7, 11) is 0. The Morgan fingerprint density at radius 1 is 1.11 bits per heavy atom. The zero-order chi connectivity index (χ0) is 12.6. The summed E-state index contributed by atoms with van der Waals surface area (Å²) in [5.41, 5.74) is 3.93. The topological polar surface area (TPSA) is 0 Å². The lowest BCUT2D eigenvalue weighted by Crippen LogP contribution is -1.77. The molecule has 2 aromatic rings. The van der Waals surface area contributed by atoms with Gasteiger partial charge >= 0.3 is 0 Å². The van der Waals surface area contributed by atoms with Gasteiger partial charge in [0.05, 0.1) is 0 Å². The van der Waals surface area contributed by atoms with Crippen LogP contribution < -0.4 is 0 Å². The van der Waals surface area contributed by atoms with E-state index in [9.17, 15) is 0 Å². The van der Waals surface area contributed by atoms with Crippen molar-refractivity contribution >= 4 is 40.0 Å². The third-order valence-corrected chi connectivity index (χ3v) is 4.25. The van der Waals surface area contributed by atoms with E-state index in [1.807, 2.05) is 0 Å². The van der Waals surface area contributed by atoms with E-state index in [1.165, 1.54) is 40.4 Å². The van der Waals surface area contributed by atoms with Gasteiger partial charge in [0.2, 0.25) is 0 Å². The number of unbranched alkanes of at least 4 members (excludes halogenated alkanes) is 2. The van der Waals surface area contributed by atoms with Gasteiger partial charge in [-0.05, 0) is 63.3 Å². The van der Waals surface area contributed by atoms with Gasteiger partial charge in [-0.3, -0.25) is 0 Å². The van der Waals surface area contributed by atoms with Crippen LogP contribution in [0.25, 0.3) is 17.2 Å². The fourth-order valence-electron chi connectivity index (χ4n) is 1.83. The van der Waals surface area contributed by atoms with E-state index in [0.717, 1.165) is 0 Å². The molecule has 0 N–H and O–H groups in total. The van der Waals surface area contributed by atoms with Crippen LogP contribution in [0.15, 0.2) is 47.2 Å². The maximum absolute atomic E-state index is 2.44. The SMILES string of the molecule is ICCCC/C=C/c1cccc(-c2ccsc2)c1. The van der Waals surface area contributed by atoms with Crippen LogP contribution in [0, 0.1) is 0 Å². The van der Waals surface area contributed by atoms with Gasteiger partial charge in [0.1, 0.15) is 0 Å². The highest BCUT2D eigenvalue weighted by Crippen LogP contribution is 2.23. The smallest absolute Gasteiger partial charge is 0.000462 e. The molecule has 0 aliphatic heterocycles. The molecule has 1 aromatic heterocycles. The van der Waals surface area contributed by atoms with Crippen molar-refractivity contribution in [3.8, 4) is 11.1 Å². The third kappa shape index (κ3) is 4.25. The first kappa shape index (κ1) is 13.8. The summed E-state index contributed by atoms with van der Waals surface area (Å²) in [6.07, 6.45) is 8.33. The molecule has 2 rings (SSSR count). The van der Waals surface area contributed by atoms with E-state index in [2.05, 4.69) is 75.8 Å². The summed E-state index contributed by atoms with van der Waals surface area (Å²) in [5, 5.41) is 4.32. The molecular formula is C16H17IS. The van der Waals surface area contributed by atoms with Crippen LogP contribution in [0.1, 0.15) is 24.8 Å². The van der Waals surface area contributed by atoms with Gasteiger partial charge in [0, 0.05) is 0 Å². The Hall–Kier alpha value is -0.610. The molecule has 0 saturated carbocycles. The van der Waals surface area contributed by atoms with Crippen LogP contribution in [0.3, 0.4) is 0 Å². The highest BCUT2D eigenvalue weighted by molar-refractivity contribution is 14.1. The Kier molecular flexibility index (Phi) is 5.94. The molecule has 0 bridgehead atoms. The number of alkyl halides is 1. The molecule has 0 nitrogen and oxygen atoms in total. The van der Waals surface area contributed by atoms with Gasteiger partial charge in [-0.25, -0.2) is 0 Å². The van der Waals surface area contributed by atoms with Gasteiger partial charge in [-0.2, -0.15) is 11.3 Å². The molecule has 0 saturated heterocycles. The number of halogens is 1. The van der Waals surface area contributed by atoms with E-state index in [0.29, 0.717) is 0 Å². The first-order valence-corrected chi connectivity index (χ1v) is 8.72. The first-order valence-electron chi connectivity index (χ1n) is 6.25. The maximum Gasteiger partial charge on any atom is -0.000462 e. The first-order chi connectivity index (χ1) is 8.90. The van der Waals surface area contributed by atoms with Crippen molar-refractivity contribution in [2.75, 3.05) is 4.43 Å². The lowest BCUT2D eigenvalue weighted by molar-refractivity contribution is 0.833. The number of rotatable bonds is 6. The lowest BCUT2D eigenvalue weighted by Gasteiger charge is -2.00. The van der Waals surface area contributed by atoms with Crippen LogP contribution in [0.4, 0.5) is 0 Å². The number of benzene rings is 1. The average Bonchev–Trinajstić information content (AvgIpc) is 2.93. The normalized spacial score (nSPS) is 11.2. The van der Waals surface area contributed by atoms with Gasteiger partial charge in [-0.1, -0.05) is 52.9 Å². The van der Waals surface area contributed by atoms with Crippen LogP contribution in [-0.4, -0.2) is 4.43 Å². The van der Waals surface area contributed by atoms with E-state index >= 15 is 0 Å². The summed E-state index contributed by atoms with van der Waals surface area (Å²) in [5.74, 6) is 0. The Labute approximate surface area is 127 Å². The molecular weight excluding hydrogens is 351 g/mol. The second-order valence-electron chi connectivity index (χ2n) is 4.22. The Morgan fingerprint density at radius 3 is 2.83 bits per heavy atom. The minimum absolute atomic E-state index is 1.19. The summed E-state index contributed by atoms with van der Waals surface area (Å²) < 4.78 is 1.26. The van der Waals surface area contributed by atoms with Crippen LogP contribution in [0.2, 0.25) is 0 Å². The molecule has 0 amide bonds. The van der Waals surface area contributed by atoms with Crippen LogP contribution >= 0.6 is 33.9 Å². The second-order valence-corrected chi connectivity index (χ2v) is 6.08. The van der Waals surface area contributed by atoms with Crippen molar-refractivity contribution in [2.24, 2.45) is 0 Å². The van der Waals surface area contributed by atoms with E-state index in [1.54, 1.807) is 11.3 Å². The van der Waals surface area contributed by atoms with Crippen LogP contribution in [-0.2, 0) is 0 Å². The molecule has 0 fully saturated rings. The fraction of sp³-hybridized carbons (Fsp3) is 0.250. The largest absolute Gasteiger partial charge is 0.152 e. The summed E-state index contributed by atoms with van der Waals surface area (Å²) in [6.45, 7) is 0.